The van der Waals surface area contributed by atoms with Crippen molar-refractivity contribution < 1.29 is 28.7 Å². The van der Waals surface area contributed by atoms with Crippen molar-refractivity contribution in [3.8, 4) is 5.75 Å². The summed E-state index contributed by atoms with van der Waals surface area (Å²) in [5, 5.41) is 5.10. The molecule has 0 aliphatic heterocycles. The van der Waals surface area contributed by atoms with Crippen LogP contribution in [0.3, 0.4) is 0 Å². The summed E-state index contributed by atoms with van der Waals surface area (Å²) in [4.78, 5) is 47.6. The second-order valence-electron chi connectivity index (χ2n) is 6.36. The third-order valence-corrected chi connectivity index (χ3v) is 3.98. The molecule has 2 rings (SSSR count). The van der Waals surface area contributed by atoms with Gasteiger partial charge in [-0.2, -0.15) is 0 Å². The molecule has 0 spiro atoms. The summed E-state index contributed by atoms with van der Waals surface area (Å²) in [7, 11) is 0. The van der Waals surface area contributed by atoms with Gasteiger partial charge in [-0.15, -0.1) is 0 Å². The van der Waals surface area contributed by atoms with Crippen LogP contribution in [-0.4, -0.2) is 42.9 Å². The summed E-state index contributed by atoms with van der Waals surface area (Å²) in [5.41, 5.74) is 1.16. The first-order chi connectivity index (χ1) is 14.4. The zero-order chi connectivity index (χ0) is 21.9. The molecule has 0 aromatic heterocycles. The van der Waals surface area contributed by atoms with Gasteiger partial charge in [-0.05, 0) is 36.8 Å². The van der Waals surface area contributed by atoms with Crippen molar-refractivity contribution in [2.75, 3.05) is 13.2 Å². The van der Waals surface area contributed by atoms with Gasteiger partial charge in [-0.3, -0.25) is 14.4 Å². The van der Waals surface area contributed by atoms with Crippen LogP contribution in [0.1, 0.15) is 29.8 Å². The molecule has 2 aromatic carbocycles. The lowest BCUT2D eigenvalue weighted by atomic mass is 10.1. The van der Waals surface area contributed by atoms with E-state index in [9.17, 15) is 19.2 Å². The second kappa shape index (κ2) is 11.4. The highest BCUT2D eigenvalue weighted by Gasteiger charge is 2.23. The van der Waals surface area contributed by atoms with E-state index in [-0.39, 0.29) is 25.5 Å². The summed E-state index contributed by atoms with van der Waals surface area (Å²) in [6, 6.07) is 14.1. The van der Waals surface area contributed by atoms with Gasteiger partial charge in [0.25, 0.3) is 5.91 Å². The van der Waals surface area contributed by atoms with Crippen LogP contribution in [-0.2, 0) is 25.5 Å². The lowest BCUT2D eigenvalue weighted by molar-refractivity contribution is -0.147. The molecule has 0 radical (unpaired) electrons. The first-order valence-corrected chi connectivity index (χ1v) is 9.45. The van der Waals surface area contributed by atoms with Crippen molar-refractivity contribution in [3.63, 3.8) is 0 Å². The number of benzene rings is 2. The number of ether oxygens (including phenoxy) is 2. The lowest BCUT2D eigenvalue weighted by Crippen LogP contribution is -2.47. The van der Waals surface area contributed by atoms with Gasteiger partial charge in [0.2, 0.25) is 5.91 Å². The Hall–Kier alpha value is -3.68. The maximum atomic E-state index is 12.3. The Balaban J connectivity index is 1.96. The normalized spacial score (nSPS) is 11.1. The van der Waals surface area contributed by atoms with Crippen LogP contribution in [0.25, 0.3) is 0 Å². The van der Waals surface area contributed by atoms with Crippen LogP contribution in [0.15, 0.2) is 54.6 Å². The van der Waals surface area contributed by atoms with E-state index >= 15 is 0 Å². The minimum Gasteiger partial charge on any atom is -0.464 e. The van der Waals surface area contributed by atoms with Crippen molar-refractivity contribution >= 4 is 23.8 Å². The van der Waals surface area contributed by atoms with Crippen LogP contribution in [0.5, 0.6) is 5.75 Å². The quantitative estimate of drug-likeness (QED) is 0.478. The summed E-state index contributed by atoms with van der Waals surface area (Å²) >= 11 is 0. The molecule has 0 bridgehead atoms. The summed E-state index contributed by atoms with van der Waals surface area (Å²) in [5.74, 6) is -1.54. The SMILES string of the molecule is CCOC(=O)[C@H](Cc1ccc(OC(C)=O)cc1)NC(=O)CNC(=O)c1ccccc1. The fourth-order valence-electron chi connectivity index (χ4n) is 2.63. The van der Waals surface area contributed by atoms with E-state index in [4.69, 9.17) is 9.47 Å². The summed E-state index contributed by atoms with van der Waals surface area (Å²) < 4.78 is 10.0. The molecule has 0 aliphatic carbocycles. The smallest absolute Gasteiger partial charge is 0.328 e. The number of esters is 2. The van der Waals surface area contributed by atoms with Gasteiger partial charge in [0, 0.05) is 18.9 Å². The second-order valence-corrected chi connectivity index (χ2v) is 6.36. The molecular weight excluding hydrogens is 388 g/mol. The molecule has 0 saturated heterocycles. The fourth-order valence-corrected chi connectivity index (χ4v) is 2.63. The van der Waals surface area contributed by atoms with Gasteiger partial charge in [-0.25, -0.2) is 4.79 Å². The predicted molar refractivity (Wildman–Crippen MR) is 109 cm³/mol. The molecule has 0 unspecified atom stereocenters. The highest BCUT2D eigenvalue weighted by Crippen LogP contribution is 2.14. The molecule has 2 aromatic rings. The summed E-state index contributed by atoms with van der Waals surface area (Å²) in [6.07, 6.45) is 0.178. The van der Waals surface area contributed by atoms with Gasteiger partial charge in [0.05, 0.1) is 13.2 Å². The zero-order valence-electron chi connectivity index (χ0n) is 16.8. The molecule has 0 aliphatic rings. The largest absolute Gasteiger partial charge is 0.464 e. The molecule has 30 heavy (non-hydrogen) atoms. The van der Waals surface area contributed by atoms with E-state index in [1.54, 1.807) is 61.5 Å². The van der Waals surface area contributed by atoms with Crippen LogP contribution in [0.2, 0.25) is 0 Å². The Kier molecular flexibility index (Phi) is 8.56. The van der Waals surface area contributed by atoms with Crippen molar-refractivity contribution in [1.29, 1.82) is 0 Å². The van der Waals surface area contributed by atoms with Crippen LogP contribution >= 0.6 is 0 Å². The topological polar surface area (TPSA) is 111 Å². The number of carbonyl (C=O) groups excluding carboxylic acids is 4. The Morgan fingerprint density at radius 3 is 2.23 bits per heavy atom. The third-order valence-electron chi connectivity index (χ3n) is 3.98. The van der Waals surface area contributed by atoms with Crippen LogP contribution in [0, 0.1) is 0 Å². The van der Waals surface area contributed by atoms with Crippen molar-refractivity contribution in [3.05, 3.63) is 65.7 Å². The maximum Gasteiger partial charge on any atom is 0.328 e. The highest BCUT2D eigenvalue weighted by molar-refractivity contribution is 5.96. The van der Waals surface area contributed by atoms with E-state index in [2.05, 4.69) is 10.6 Å². The van der Waals surface area contributed by atoms with E-state index in [1.165, 1.54) is 6.92 Å². The highest BCUT2D eigenvalue weighted by atomic mass is 16.5. The van der Waals surface area contributed by atoms with Crippen LogP contribution in [0.4, 0.5) is 0 Å². The van der Waals surface area contributed by atoms with Gasteiger partial charge in [0.15, 0.2) is 0 Å². The molecule has 8 heteroatoms. The van der Waals surface area contributed by atoms with Gasteiger partial charge >= 0.3 is 11.9 Å². The predicted octanol–water partition coefficient (Wildman–Crippen LogP) is 1.63. The van der Waals surface area contributed by atoms with Crippen molar-refractivity contribution in [1.82, 2.24) is 10.6 Å². The molecule has 8 nitrogen and oxygen atoms in total. The first-order valence-electron chi connectivity index (χ1n) is 9.45. The Labute approximate surface area is 174 Å². The number of rotatable bonds is 9. The van der Waals surface area contributed by atoms with Crippen LogP contribution < -0.4 is 15.4 Å². The van der Waals surface area contributed by atoms with E-state index in [0.29, 0.717) is 11.3 Å². The standard InChI is InChI=1S/C22H24N2O6/c1-3-29-22(28)19(13-16-9-11-18(12-10-16)30-15(2)25)24-20(26)14-23-21(27)17-7-5-4-6-8-17/h4-12,19H,3,13-14H2,1-2H3,(H,23,27)(H,24,26)/t19-/m0/s1. The number of amides is 2. The lowest BCUT2D eigenvalue weighted by Gasteiger charge is -2.18. The minimum atomic E-state index is -0.925. The summed E-state index contributed by atoms with van der Waals surface area (Å²) in [6.45, 7) is 2.86. The van der Waals surface area contributed by atoms with E-state index < -0.39 is 23.9 Å². The molecule has 0 heterocycles. The molecule has 158 valence electrons. The maximum absolute atomic E-state index is 12.3. The van der Waals surface area contributed by atoms with Gasteiger partial charge in [-0.1, -0.05) is 30.3 Å². The molecule has 0 saturated carbocycles. The minimum absolute atomic E-state index is 0.168. The van der Waals surface area contributed by atoms with Gasteiger partial charge in [0.1, 0.15) is 11.8 Å². The average Bonchev–Trinajstić information content (AvgIpc) is 2.73. The molecule has 0 fully saturated rings. The Morgan fingerprint density at radius 2 is 1.63 bits per heavy atom. The third kappa shape index (κ3) is 7.38. The Bertz CT molecular complexity index is 880. The molecule has 1 atom stereocenters. The van der Waals surface area contributed by atoms with E-state index in [1.807, 2.05) is 0 Å². The van der Waals surface area contributed by atoms with E-state index in [0.717, 1.165) is 5.56 Å². The molecule has 2 amide bonds. The zero-order valence-corrected chi connectivity index (χ0v) is 16.8. The Morgan fingerprint density at radius 1 is 0.967 bits per heavy atom. The number of carbonyl (C=O) groups is 4. The monoisotopic (exact) mass is 412 g/mol. The van der Waals surface area contributed by atoms with Crippen molar-refractivity contribution in [2.45, 2.75) is 26.3 Å². The van der Waals surface area contributed by atoms with Crippen molar-refractivity contribution in [2.24, 2.45) is 0 Å². The average molecular weight is 412 g/mol. The first kappa shape index (κ1) is 22.6. The number of hydrogen-bond donors (Lipinski definition) is 2. The fraction of sp³-hybridized carbons (Fsp3) is 0.273. The van der Waals surface area contributed by atoms with Gasteiger partial charge < -0.3 is 20.1 Å². The number of hydrogen-bond acceptors (Lipinski definition) is 6. The molecular formula is C22H24N2O6. The molecule has 2 N–H and O–H groups in total. The number of nitrogens with one attached hydrogen (secondary N) is 2.